The van der Waals surface area contributed by atoms with Crippen molar-refractivity contribution in [3.05, 3.63) is 69.8 Å². The van der Waals surface area contributed by atoms with Crippen LogP contribution < -0.4 is 4.72 Å². The molecule has 2 aromatic carbocycles. The van der Waals surface area contributed by atoms with E-state index in [1.807, 2.05) is 12.1 Å². The van der Waals surface area contributed by atoms with Crippen LogP contribution in [0.1, 0.15) is 24.0 Å². The number of sulfonamides is 1. The Morgan fingerprint density at radius 3 is 2.52 bits per heavy atom. The summed E-state index contributed by atoms with van der Waals surface area (Å²) in [4.78, 5) is 23.6. The minimum atomic E-state index is -3.90. The Hall–Kier alpha value is -2.78. The summed E-state index contributed by atoms with van der Waals surface area (Å²) >= 11 is 0. The van der Waals surface area contributed by atoms with Gasteiger partial charge in [-0.15, -0.1) is 0 Å². The van der Waals surface area contributed by atoms with Crippen LogP contribution in [-0.4, -0.2) is 30.7 Å². The number of hydrogen-bond donors (Lipinski definition) is 1. The summed E-state index contributed by atoms with van der Waals surface area (Å²) in [6.45, 7) is 1.17. The van der Waals surface area contributed by atoms with E-state index in [9.17, 15) is 23.3 Å². The number of carbonyl (C=O) groups is 1. The molecule has 0 unspecified atom stereocenters. The van der Waals surface area contributed by atoms with Crippen LogP contribution in [0.5, 0.6) is 0 Å². The molecule has 8 nitrogen and oxygen atoms in total. The van der Waals surface area contributed by atoms with Gasteiger partial charge in [0.15, 0.2) is 0 Å². The third kappa shape index (κ3) is 4.50. The van der Waals surface area contributed by atoms with E-state index in [2.05, 4.69) is 4.72 Å². The molecule has 0 aliphatic carbocycles. The Bertz CT molecular complexity index is 974. The molecule has 0 saturated carbocycles. The number of nitro groups is 1. The fourth-order valence-electron chi connectivity index (χ4n) is 2.98. The van der Waals surface area contributed by atoms with Gasteiger partial charge in [0, 0.05) is 38.2 Å². The standard InChI is InChI=1S/C18H19N3O5S/c22-18-9-4-10-20(18)13-15-6-2-1-5-14(15)12-19-27(25,26)17-8-3-7-16(11-17)21(23)24/h1-3,5-8,11,19H,4,9-10,12-13H2. The number of non-ortho nitro benzene ring substituents is 1. The molecule has 0 bridgehead atoms. The second kappa shape index (κ2) is 7.85. The van der Waals surface area contributed by atoms with E-state index in [1.54, 1.807) is 17.0 Å². The second-order valence-corrected chi connectivity index (χ2v) is 8.03. The number of amides is 1. The normalized spacial score (nSPS) is 14.5. The Balaban J connectivity index is 1.75. The van der Waals surface area contributed by atoms with Crippen LogP contribution in [0.25, 0.3) is 0 Å². The second-order valence-electron chi connectivity index (χ2n) is 6.27. The maximum Gasteiger partial charge on any atom is 0.270 e. The highest BCUT2D eigenvalue weighted by Crippen LogP contribution is 2.20. The lowest BCUT2D eigenvalue weighted by Gasteiger charge is -2.18. The lowest BCUT2D eigenvalue weighted by atomic mass is 10.1. The lowest BCUT2D eigenvalue weighted by molar-refractivity contribution is -0.385. The van der Waals surface area contributed by atoms with Crippen molar-refractivity contribution < 1.29 is 18.1 Å². The quantitative estimate of drug-likeness (QED) is 0.577. The van der Waals surface area contributed by atoms with Crippen LogP contribution in [0.2, 0.25) is 0 Å². The number of likely N-dealkylation sites (tertiary alicyclic amines) is 1. The molecule has 1 aliphatic heterocycles. The van der Waals surface area contributed by atoms with Crippen molar-refractivity contribution in [3.63, 3.8) is 0 Å². The van der Waals surface area contributed by atoms with Crippen LogP contribution in [0.3, 0.4) is 0 Å². The summed E-state index contributed by atoms with van der Waals surface area (Å²) in [6.07, 6.45) is 1.38. The van der Waals surface area contributed by atoms with Crippen LogP contribution in [0.4, 0.5) is 5.69 Å². The molecule has 1 saturated heterocycles. The van der Waals surface area contributed by atoms with E-state index in [4.69, 9.17) is 0 Å². The molecule has 142 valence electrons. The number of nitro benzene ring substituents is 1. The smallest absolute Gasteiger partial charge is 0.270 e. The largest absolute Gasteiger partial charge is 0.338 e. The molecule has 3 rings (SSSR count). The van der Waals surface area contributed by atoms with E-state index in [0.29, 0.717) is 19.5 Å². The molecule has 1 heterocycles. The van der Waals surface area contributed by atoms with Crippen molar-refractivity contribution in [2.24, 2.45) is 0 Å². The molecule has 0 atom stereocenters. The maximum atomic E-state index is 12.5. The summed E-state index contributed by atoms with van der Waals surface area (Å²) in [5, 5.41) is 10.9. The monoisotopic (exact) mass is 389 g/mol. The minimum Gasteiger partial charge on any atom is -0.338 e. The van der Waals surface area contributed by atoms with Gasteiger partial charge in [0.25, 0.3) is 5.69 Å². The number of carbonyl (C=O) groups excluding carboxylic acids is 1. The molecule has 1 amide bonds. The van der Waals surface area contributed by atoms with Crippen molar-refractivity contribution >= 4 is 21.6 Å². The minimum absolute atomic E-state index is 0.0310. The average molecular weight is 389 g/mol. The fraction of sp³-hybridized carbons (Fsp3) is 0.278. The van der Waals surface area contributed by atoms with Gasteiger partial charge in [-0.2, -0.15) is 0 Å². The predicted molar refractivity (Wildman–Crippen MR) is 98.2 cm³/mol. The zero-order valence-electron chi connectivity index (χ0n) is 14.5. The fourth-order valence-corrected chi connectivity index (χ4v) is 4.03. The lowest BCUT2D eigenvalue weighted by Crippen LogP contribution is -2.27. The summed E-state index contributed by atoms with van der Waals surface area (Å²) in [5.74, 6) is 0.0991. The molecule has 1 fully saturated rings. The first-order valence-electron chi connectivity index (χ1n) is 8.45. The van der Waals surface area contributed by atoms with Gasteiger partial charge in [0.2, 0.25) is 15.9 Å². The number of nitrogens with zero attached hydrogens (tertiary/aromatic N) is 2. The molecular weight excluding hydrogens is 370 g/mol. The molecular formula is C18H19N3O5S. The summed E-state index contributed by atoms with van der Waals surface area (Å²) in [5.41, 5.74) is 1.34. The highest BCUT2D eigenvalue weighted by Gasteiger charge is 2.22. The number of nitrogens with one attached hydrogen (secondary N) is 1. The van der Waals surface area contributed by atoms with Crippen LogP contribution in [0, 0.1) is 10.1 Å². The van der Waals surface area contributed by atoms with Gasteiger partial charge in [0.05, 0.1) is 9.82 Å². The number of benzene rings is 2. The van der Waals surface area contributed by atoms with E-state index in [-0.39, 0.29) is 23.0 Å². The van der Waals surface area contributed by atoms with E-state index < -0.39 is 14.9 Å². The summed E-state index contributed by atoms with van der Waals surface area (Å²) in [7, 11) is -3.90. The zero-order chi connectivity index (χ0) is 19.4. The van der Waals surface area contributed by atoms with E-state index >= 15 is 0 Å². The third-order valence-electron chi connectivity index (χ3n) is 4.44. The molecule has 0 radical (unpaired) electrons. The molecule has 0 aromatic heterocycles. The highest BCUT2D eigenvalue weighted by atomic mass is 32.2. The van der Waals surface area contributed by atoms with Crippen molar-refractivity contribution in [3.8, 4) is 0 Å². The first-order chi connectivity index (χ1) is 12.9. The highest BCUT2D eigenvalue weighted by molar-refractivity contribution is 7.89. The Morgan fingerprint density at radius 2 is 1.85 bits per heavy atom. The van der Waals surface area contributed by atoms with Crippen molar-refractivity contribution in [2.75, 3.05) is 6.54 Å². The first kappa shape index (κ1) is 19.0. The van der Waals surface area contributed by atoms with Crippen LogP contribution in [0.15, 0.2) is 53.4 Å². The van der Waals surface area contributed by atoms with Crippen LogP contribution >= 0.6 is 0 Å². The molecule has 2 aromatic rings. The zero-order valence-corrected chi connectivity index (χ0v) is 15.3. The number of hydrogen-bond acceptors (Lipinski definition) is 5. The maximum absolute atomic E-state index is 12.5. The van der Waals surface area contributed by atoms with Gasteiger partial charge in [-0.25, -0.2) is 13.1 Å². The van der Waals surface area contributed by atoms with E-state index in [0.717, 1.165) is 23.6 Å². The molecule has 9 heteroatoms. The SMILES string of the molecule is O=C1CCCN1Cc1ccccc1CNS(=O)(=O)c1cccc([N+](=O)[O-])c1. The van der Waals surface area contributed by atoms with Crippen molar-refractivity contribution in [2.45, 2.75) is 30.8 Å². The van der Waals surface area contributed by atoms with Crippen LogP contribution in [-0.2, 0) is 27.9 Å². The Morgan fingerprint density at radius 1 is 1.11 bits per heavy atom. The first-order valence-corrected chi connectivity index (χ1v) is 9.94. The predicted octanol–water partition coefficient (Wildman–Crippen LogP) is 2.20. The van der Waals surface area contributed by atoms with Gasteiger partial charge in [-0.05, 0) is 23.6 Å². The third-order valence-corrected chi connectivity index (χ3v) is 5.84. The topological polar surface area (TPSA) is 110 Å². The van der Waals surface area contributed by atoms with Gasteiger partial charge in [-0.1, -0.05) is 30.3 Å². The van der Waals surface area contributed by atoms with Crippen molar-refractivity contribution in [1.29, 1.82) is 0 Å². The summed E-state index contributed by atoms with van der Waals surface area (Å²) in [6, 6.07) is 12.2. The summed E-state index contributed by atoms with van der Waals surface area (Å²) < 4.78 is 27.5. The van der Waals surface area contributed by atoms with Crippen molar-refractivity contribution in [1.82, 2.24) is 9.62 Å². The van der Waals surface area contributed by atoms with Gasteiger partial charge < -0.3 is 4.90 Å². The average Bonchev–Trinajstić information content (AvgIpc) is 3.06. The Labute approximate surface area is 157 Å². The molecule has 1 N–H and O–H groups in total. The molecule has 27 heavy (non-hydrogen) atoms. The van der Waals surface area contributed by atoms with Gasteiger partial charge >= 0.3 is 0 Å². The molecule has 0 spiro atoms. The Kier molecular flexibility index (Phi) is 5.52. The van der Waals surface area contributed by atoms with Gasteiger partial charge in [-0.3, -0.25) is 14.9 Å². The molecule has 1 aliphatic rings. The number of rotatable bonds is 7. The van der Waals surface area contributed by atoms with Gasteiger partial charge in [0.1, 0.15) is 0 Å². The van der Waals surface area contributed by atoms with E-state index in [1.165, 1.54) is 18.2 Å².